The van der Waals surface area contributed by atoms with Crippen molar-refractivity contribution in [3.63, 3.8) is 0 Å². The van der Waals surface area contributed by atoms with E-state index in [-0.39, 0.29) is 106 Å². The Hall–Kier alpha value is -4.36. The van der Waals surface area contributed by atoms with Crippen LogP contribution in [0, 0.1) is 20.4 Å². The maximum Gasteiger partial charge on any atom is 1.00 e. The Labute approximate surface area is 469 Å². The number of nitrogens with zero attached hydrogens (tertiary/aromatic N) is 13. The van der Waals surface area contributed by atoms with E-state index in [2.05, 4.69) is 59.2 Å². The minimum atomic E-state index is -1.20. The van der Waals surface area contributed by atoms with Gasteiger partial charge >= 0.3 is 29.6 Å². The van der Waals surface area contributed by atoms with Crippen molar-refractivity contribution >= 4 is 57.3 Å². The Kier molecular flexibility index (Phi) is 17.1. The molecule has 6 aliphatic rings. The third kappa shape index (κ3) is 9.63. The molecule has 0 amide bonds. The van der Waals surface area contributed by atoms with Crippen LogP contribution in [-0.2, 0) is 42.3 Å². The number of anilines is 1. The maximum atomic E-state index is 12.3. The second-order valence-corrected chi connectivity index (χ2v) is 20.8. The van der Waals surface area contributed by atoms with Crippen LogP contribution in [0.25, 0.3) is 38.3 Å². The van der Waals surface area contributed by atoms with Gasteiger partial charge in [0.05, 0.1) is 72.7 Å². The minimum Gasteiger partial charge on any atom is -0.555 e. The number of hydrogen-bond acceptors (Lipinski definition) is 24. The number of fused-ring (bicyclic) bond motifs is 9. The number of aromatic amines is 3. The maximum absolute atomic E-state index is 12.3. The van der Waals surface area contributed by atoms with Crippen LogP contribution in [0.4, 0.5) is 5.95 Å². The number of nitrogens with one attached hydrogen (secondary N) is 3. The molecule has 12 heterocycles. The monoisotopic (exact) mass is 1140 g/mol. The predicted octanol–water partition coefficient (Wildman–Crippen LogP) is -3.02. The van der Waals surface area contributed by atoms with Gasteiger partial charge in [-0.3, -0.25) is 33.1 Å². The molecule has 0 aromatic carbocycles. The fourth-order valence-electron chi connectivity index (χ4n) is 11.4. The number of aryl methyl sites for hydroxylation is 2. The molecule has 0 spiro atoms. The van der Waals surface area contributed by atoms with Gasteiger partial charge in [0.1, 0.15) is 65.4 Å². The van der Waals surface area contributed by atoms with Crippen molar-refractivity contribution in [1.29, 1.82) is 0 Å². The zero-order valence-corrected chi connectivity index (χ0v) is 48.1. The first-order valence-corrected chi connectivity index (χ1v) is 26.5. The Bertz CT molecular complexity index is 3380. The molecule has 0 radical (unpaired) electrons. The number of nitrogens with two attached hydrogens (primary N) is 1. The van der Waals surface area contributed by atoms with Gasteiger partial charge in [0.2, 0.25) is 12.5 Å². The molecule has 6 aromatic heterocycles. The Morgan fingerprint density at radius 1 is 0.744 bits per heavy atom. The van der Waals surface area contributed by atoms with E-state index in [1.54, 1.807) is 53.2 Å². The Morgan fingerprint density at radius 2 is 1.17 bits per heavy atom. The molecule has 6 aromatic rings. The molecule has 6 bridgehead atoms. The summed E-state index contributed by atoms with van der Waals surface area (Å²) in [5, 5.41) is 25.4. The van der Waals surface area contributed by atoms with E-state index in [4.69, 9.17) is 54.6 Å². The second-order valence-electron chi connectivity index (χ2n) is 19.2. The molecular formula is C44H60N17NaO14P2. The first-order chi connectivity index (χ1) is 37.0. The van der Waals surface area contributed by atoms with Gasteiger partial charge in [-0.1, -0.05) is 13.8 Å². The molecule has 7 N–H and O–H groups in total. The van der Waals surface area contributed by atoms with Crippen LogP contribution >= 0.6 is 17.8 Å². The summed E-state index contributed by atoms with van der Waals surface area (Å²) >= 11 is 0. The summed E-state index contributed by atoms with van der Waals surface area (Å²) in [6.07, 6.45) is 2.86. The van der Waals surface area contributed by atoms with E-state index < -0.39 is 56.0 Å². The Balaban J connectivity index is 0.000000143. The van der Waals surface area contributed by atoms with E-state index >= 15 is 0 Å². The molecule has 6 saturated heterocycles. The SMILES string of the molecule is CC[C@@]12CN(OC)[C@@H]([C@H](n3cnc4c(=O)[nH]c(N)nc43)O1)[C@@H]2O[PH-].CON1C[C@]2(CO)O[C@@H](n3cnc4c(=O)[nH]c(C)nc43)[C@H]1[C@@H]2O.[C-]#[N+]CCOP(C)O[C@H]1[C@@H]2[C@H](n3cnc4c(=O)[nH]c(C)nc43)O[C@@]1(CC)CN2OC.[Na+]. The van der Waals surface area contributed by atoms with Gasteiger partial charge in [0, 0.05) is 6.66 Å². The van der Waals surface area contributed by atoms with Crippen molar-refractivity contribution in [2.24, 2.45) is 0 Å². The molecule has 0 saturated carbocycles. The largest absolute Gasteiger partial charge is 1.00 e. The van der Waals surface area contributed by atoms with Crippen LogP contribution in [0.1, 0.15) is 57.0 Å². The van der Waals surface area contributed by atoms with Crippen molar-refractivity contribution < 1.29 is 82.1 Å². The number of ether oxygens (including phenoxy) is 3. The second kappa shape index (κ2) is 22.9. The van der Waals surface area contributed by atoms with Gasteiger partial charge < -0.3 is 82.5 Å². The number of hydrogen-bond donors (Lipinski definition) is 6. The fourth-order valence-corrected chi connectivity index (χ4v) is 12.8. The van der Waals surface area contributed by atoms with E-state index in [0.29, 0.717) is 61.3 Å². The number of nitrogen functional groups attached to an aromatic ring is 1. The smallest absolute Gasteiger partial charge is 0.555 e. The average molecular weight is 1140 g/mol. The van der Waals surface area contributed by atoms with Gasteiger partial charge in [0.25, 0.3) is 16.7 Å². The number of H-pyrrole nitrogens is 3. The zero-order valence-electron chi connectivity index (χ0n) is 44.2. The van der Waals surface area contributed by atoms with Crippen LogP contribution in [0.2, 0.25) is 0 Å². The number of aliphatic hydroxyl groups excluding tert-OH is 2. The first-order valence-electron chi connectivity index (χ1n) is 24.5. The number of rotatable bonds is 15. The standard InChI is InChI=1S/C18H25N6O5P.C13H18N6O4P.C13H17N5O5.Na/c1-6-18-9-24(26-4)13(14(18)29-30(5)27-8-7-19-3)17(28-18)23-10-20-12-15(23)21-11(2)22-16(12)25;1-3-13-4-19(21-2)7(8(13)23-24)11(22-13)18-5-15-6-9(18)16-12(14)17-10(6)20;1-6-15-10-7(11(21)16-6)14-5-17(10)12-8-9(20)13(4-19,23-12)3-18(8)22-2;/h10,13-14,17H,6-9H2,1-2,4-5H3,(H,21,22,25);5,7-8,11,24H,3-4H2,1-2H3,(H3,14,16,17,20);5,8-9,12,19-20H,3-4H2,1-2H3,(H,15,16,21);/q;-1;;+1/t13-,14+,17-,18+,30?;7-,8+,11-,13+;8-,9+,12-,13-;/m111./s1. The first kappa shape index (κ1) is 58.3. The summed E-state index contributed by atoms with van der Waals surface area (Å²) < 4.78 is 41.4. The van der Waals surface area contributed by atoms with E-state index in [1.807, 2.05) is 30.6 Å². The molecule has 0 aliphatic carbocycles. The molecule has 13 atom stereocenters. The number of imidazole rings is 3. The van der Waals surface area contributed by atoms with Crippen molar-refractivity contribution in [2.45, 2.75) is 112 Å². The van der Waals surface area contributed by atoms with E-state index in [1.165, 1.54) is 19.8 Å². The topological polar surface area (TPSA) is 354 Å². The van der Waals surface area contributed by atoms with Crippen LogP contribution in [0.5, 0.6) is 0 Å². The molecule has 78 heavy (non-hydrogen) atoms. The summed E-state index contributed by atoms with van der Waals surface area (Å²) in [5.41, 5.74) is 4.25. The molecule has 34 heteroatoms. The van der Waals surface area contributed by atoms with Gasteiger partial charge in [-0.05, 0) is 26.7 Å². The van der Waals surface area contributed by atoms with Crippen molar-refractivity contribution in [3.8, 4) is 0 Å². The minimum absolute atomic E-state index is 0. The van der Waals surface area contributed by atoms with Gasteiger partial charge in [-0.2, -0.15) is 20.2 Å². The molecule has 6 aliphatic heterocycles. The summed E-state index contributed by atoms with van der Waals surface area (Å²) in [7, 11) is 6.70. The van der Waals surface area contributed by atoms with Gasteiger partial charge in [0.15, 0.2) is 60.6 Å². The van der Waals surface area contributed by atoms with Gasteiger partial charge in [-0.15, -0.1) is 0 Å². The predicted molar refractivity (Wildman–Crippen MR) is 271 cm³/mol. The quantitative estimate of drug-likeness (QED) is 0.0258. The van der Waals surface area contributed by atoms with Crippen LogP contribution in [0.15, 0.2) is 33.4 Å². The third-order valence-corrected chi connectivity index (χ3v) is 16.5. The summed E-state index contributed by atoms with van der Waals surface area (Å²) in [6.45, 7) is 17.9. The molecular weight excluding hydrogens is 1080 g/mol. The summed E-state index contributed by atoms with van der Waals surface area (Å²) in [4.78, 5) is 89.1. The molecule has 6 fully saturated rings. The number of aromatic nitrogens is 12. The summed E-state index contributed by atoms with van der Waals surface area (Å²) in [5.74, 6) is 0.983. The number of hydroxylamine groups is 6. The number of morpholine rings is 3. The van der Waals surface area contributed by atoms with Crippen LogP contribution in [0.3, 0.4) is 0 Å². The molecule has 1 unspecified atom stereocenters. The third-order valence-electron chi connectivity index (χ3n) is 15.1. The van der Waals surface area contributed by atoms with Gasteiger partial charge in [-0.25, -0.2) is 31.5 Å². The van der Waals surface area contributed by atoms with E-state index in [0.717, 1.165) is 6.42 Å². The fraction of sp³-hybridized carbons (Fsp3) is 0.636. The van der Waals surface area contributed by atoms with E-state index in [9.17, 15) is 24.6 Å². The van der Waals surface area contributed by atoms with Crippen LogP contribution in [-0.4, -0.2) is 205 Å². The zero-order chi connectivity index (χ0) is 54.9. The molecule has 416 valence electrons. The molecule has 12 rings (SSSR count). The Morgan fingerprint density at radius 3 is 1.60 bits per heavy atom. The normalized spacial score (nSPS) is 31.4. The van der Waals surface area contributed by atoms with Crippen molar-refractivity contribution in [2.75, 3.05) is 73.1 Å². The number of aliphatic hydroxyl groups is 2. The molecule has 31 nitrogen and oxygen atoms in total. The van der Waals surface area contributed by atoms with Crippen LogP contribution < -0.4 is 52.0 Å². The van der Waals surface area contributed by atoms with Crippen molar-refractivity contribution in [3.05, 3.63) is 73.1 Å². The average Bonchev–Trinajstić information content (AvgIpc) is 4.35. The van der Waals surface area contributed by atoms with Crippen molar-refractivity contribution in [1.82, 2.24) is 73.7 Å². The summed E-state index contributed by atoms with van der Waals surface area (Å²) in [6, 6.07) is -1.04.